The van der Waals surface area contributed by atoms with Crippen LogP contribution in [0.15, 0.2) is 0 Å². The Bertz CT molecular complexity index is 345. The second-order valence-electron chi connectivity index (χ2n) is 7.44. The van der Waals surface area contributed by atoms with Gasteiger partial charge >= 0.3 is 0 Å². The van der Waals surface area contributed by atoms with E-state index in [1.54, 1.807) is 0 Å². The lowest BCUT2D eigenvalue weighted by molar-refractivity contribution is 0.0144. The lowest BCUT2D eigenvalue weighted by Gasteiger charge is -2.47. The molecule has 0 aliphatic carbocycles. The van der Waals surface area contributed by atoms with Crippen molar-refractivity contribution in [3.05, 3.63) is 0 Å². The van der Waals surface area contributed by atoms with Crippen molar-refractivity contribution < 1.29 is 0 Å². The van der Waals surface area contributed by atoms with Gasteiger partial charge < -0.3 is 0 Å². The Morgan fingerprint density at radius 1 is 1.20 bits per heavy atom. The first-order valence-electron chi connectivity index (χ1n) is 8.41. The fourth-order valence-corrected chi connectivity index (χ4v) is 3.66. The largest absolute Gasteiger partial charge is 0.298 e. The van der Waals surface area contributed by atoms with Gasteiger partial charge in [0.15, 0.2) is 0 Å². The molecule has 2 unspecified atom stereocenters. The Morgan fingerprint density at radius 2 is 2.00 bits per heavy atom. The number of nitriles is 1. The molecule has 114 valence electrons. The number of piperidine rings is 1. The van der Waals surface area contributed by atoms with Gasteiger partial charge in [-0.15, -0.1) is 0 Å². The summed E-state index contributed by atoms with van der Waals surface area (Å²) in [7, 11) is 0. The van der Waals surface area contributed by atoms with E-state index in [9.17, 15) is 0 Å². The van der Waals surface area contributed by atoms with E-state index in [2.05, 4.69) is 36.6 Å². The lowest BCUT2D eigenvalue weighted by Crippen LogP contribution is -2.58. The van der Waals surface area contributed by atoms with Gasteiger partial charge in [0, 0.05) is 25.2 Å². The molecule has 0 amide bonds. The molecule has 0 radical (unpaired) electrons. The minimum absolute atomic E-state index is 0.145. The predicted octanol–water partition coefficient (Wildman–Crippen LogP) is 3.27. The molecule has 0 aromatic carbocycles. The predicted molar refractivity (Wildman–Crippen MR) is 83.5 cm³/mol. The van der Waals surface area contributed by atoms with Crippen LogP contribution in [-0.2, 0) is 0 Å². The molecule has 0 bridgehead atoms. The molecule has 0 spiro atoms. The Morgan fingerprint density at radius 3 is 2.75 bits per heavy atom. The molecule has 0 aromatic heterocycles. The van der Waals surface area contributed by atoms with Crippen LogP contribution in [-0.4, -0.2) is 48.1 Å². The van der Waals surface area contributed by atoms with Crippen molar-refractivity contribution in [2.45, 2.75) is 71.4 Å². The monoisotopic (exact) mass is 277 g/mol. The molecule has 2 atom stereocenters. The Labute approximate surface area is 124 Å². The number of piperazine rings is 1. The summed E-state index contributed by atoms with van der Waals surface area (Å²) in [6, 6.07) is 3.92. The molecule has 2 saturated heterocycles. The van der Waals surface area contributed by atoms with Gasteiger partial charge in [-0.05, 0) is 59.5 Å². The summed E-state index contributed by atoms with van der Waals surface area (Å²) in [5, 5.41) is 9.05. The van der Waals surface area contributed by atoms with Crippen molar-refractivity contribution in [3.63, 3.8) is 0 Å². The van der Waals surface area contributed by atoms with Crippen LogP contribution >= 0.6 is 0 Å². The first-order chi connectivity index (χ1) is 9.52. The second kappa shape index (κ2) is 6.91. The van der Waals surface area contributed by atoms with E-state index < -0.39 is 0 Å². The van der Waals surface area contributed by atoms with Gasteiger partial charge in [0.05, 0.1) is 11.5 Å². The van der Waals surface area contributed by atoms with Crippen molar-refractivity contribution >= 4 is 0 Å². The average molecular weight is 277 g/mol. The van der Waals surface area contributed by atoms with Gasteiger partial charge in [-0.3, -0.25) is 9.80 Å². The minimum Gasteiger partial charge on any atom is -0.298 e. The third-order valence-corrected chi connectivity index (χ3v) is 5.12. The molecule has 0 N–H and O–H groups in total. The van der Waals surface area contributed by atoms with Crippen molar-refractivity contribution in [2.75, 3.05) is 26.2 Å². The summed E-state index contributed by atoms with van der Waals surface area (Å²) in [4.78, 5) is 5.40. The highest BCUT2D eigenvalue weighted by Gasteiger charge is 2.32. The standard InChI is InChI=1S/C17H31N3/c1-15-12-20-11-6-4-8-16(20)13-19(15)10-7-5-9-17(2,3)14-18/h15-16H,4-13H2,1-3H3. The zero-order valence-electron chi connectivity index (χ0n) is 13.6. The van der Waals surface area contributed by atoms with Crippen LogP contribution in [0.2, 0.25) is 0 Å². The van der Waals surface area contributed by atoms with E-state index in [4.69, 9.17) is 5.26 Å². The zero-order valence-corrected chi connectivity index (χ0v) is 13.6. The number of hydrogen-bond acceptors (Lipinski definition) is 3. The van der Waals surface area contributed by atoms with Crippen molar-refractivity contribution in [3.8, 4) is 6.07 Å². The Kier molecular flexibility index (Phi) is 5.46. The minimum atomic E-state index is -0.145. The molecule has 20 heavy (non-hydrogen) atoms. The zero-order chi connectivity index (χ0) is 14.6. The molecular formula is C17H31N3. The maximum atomic E-state index is 9.05. The number of fused-ring (bicyclic) bond motifs is 1. The SMILES string of the molecule is CC1CN2CCCCC2CN1CCCCC(C)(C)C#N. The molecule has 3 nitrogen and oxygen atoms in total. The van der Waals surface area contributed by atoms with Crippen LogP contribution in [0, 0.1) is 16.7 Å². The normalized spacial score (nSPS) is 28.9. The van der Waals surface area contributed by atoms with Crippen LogP contribution in [0.3, 0.4) is 0 Å². The van der Waals surface area contributed by atoms with E-state index >= 15 is 0 Å². The maximum Gasteiger partial charge on any atom is 0.0683 e. The quantitative estimate of drug-likeness (QED) is 0.723. The maximum absolute atomic E-state index is 9.05. The molecule has 0 aromatic rings. The highest BCUT2D eigenvalue weighted by molar-refractivity contribution is 4.92. The van der Waals surface area contributed by atoms with Crippen molar-refractivity contribution in [2.24, 2.45) is 5.41 Å². The third-order valence-electron chi connectivity index (χ3n) is 5.12. The molecule has 0 saturated carbocycles. The van der Waals surface area contributed by atoms with Crippen molar-refractivity contribution in [1.29, 1.82) is 5.26 Å². The van der Waals surface area contributed by atoms with Gasteiger partial charge in [0.2, 0.25) is 0 Å². The molecule has 2 aliphatic heterocycles. The number of nitrogens with zero attached hydrogens (tertiary/aromatic N) is 3. The first-order valence-corrected chi connectivity index (χ1v) is 8.41. The van der Waals surface area contributed by atoms with Crippen molar-refractivity contribution in [1.82, 2.24) is 9.80 Å². The molecule has 2 fully saturated rings. The molecule has 2 heterocycles. The second-order valence-corrected chi connectivity index (χ2v) is 7.44. The van der Waals surface area contributed by atoms with E-state index in [1.165, 1.54) is 58.3 Å². The van der Waals surface area contributed by atoms with Crippen LogP contribution in [0.4, 0.5) is 0 Å². The summed E-state index contributed by atoms with van der Waals surface area (Å²) in [5.41, 5.74) is -0.145. The van der Waals surface area contributed by atoms with E-state index in [1.807, 2.05) is 0 Å². The van der Waals surface area contributed by atoms with Gasteiger partial charge in [-0.2, -0.15) is 5.26 Å². The van der Waals surface area contributed by atoms with E-state index in [0.717, 1.165) is 12.5 Å². The number of unbranched alkanes of at least 4 members (excludes halogenated alkanes) is 1. The first kappa shape index (κ1) is 15.8. The fourth-order valence-electron chi connectivity index (χ4n) is 3.66. The fraction of sp³-hybridized carbons (Fsp3) is 0.941. The average Bonchev–Trinajstić information content (AvgIpc) is 2.44. The Hall–Kier alpha value is -0.590. The topological polar surface area (TPSA) is 30.3 Å². The van der Waals surface area contributed by atoms with E-state index in [0.29, 0.717) is 6.04 Å². The van der Waals surface area contributed by atoms with Crippen LogP contribution in [0.1, 0.15) is 59.3 Å². The number of hydrogen-bond donors (Lipinski definition) is 0. The molecule has 3 heteroatoms. The van der Waals surface area contributed by atoms with Gasteiger partial charge in [0.25, 0.3) is 0 Å². The lowest BCUT2D eigenvalue weighted by atomic mass is 9.89. The van der Waals surface area contributed by atoms with E-state index in [-0.39, 0.29) is 5.41 Å². The summed E-state index contributed by atoms with van der Waals surface area (Å²) in [5.74, 6) is 0. The highest BCUT2D eigenvalue weighted by Crippen LogP contribution is 2.25. The van der Waals surface area contributed by atoms with Crippen LogP contribution in [0.5, 0.6) is 0 Å². The summed E-state index contributed by atoms with van der Waals surface area (Å²) < 4.78 is 0. The molecule has 2 aliphatic rings. The Balaban J connectivity index is 1.71. The summed E-state index contributed by atoms with van der Waals surface area (Å²) in [6.45, 7) is 11.5. The summed E-state index contributed by atoms with van der Waals surface area (Å²) in [6.07, 6.45) is 7.65. The van der Waals surface area contributed by atoms with Gasteiger partial charge in [0.1, 0.15) is 0 Å². The van der Waals surface area contributed by atoms with Gasteiger partial charge in [-0.25, -0.2) is 0 Å². The number of rotatable bonds is 5. The van der Waals surface area contributed by atoms with Gasteiger partial charge in [-0.1, -0.05) is 12.8 Å². The molecular weight excluding hydrogens is 246 g/mol. The summed E-state index contributed by atoms with van der Waals surface area (Å²) >= 11 is 0. The molecule has 2 rings (SSSR count). The smallest absolute Gasteiger partial charge is 0.0683 e. The third kappa shape index (κ3) is 4.20. The highest BCUT2D eigenvalue weighted by atomic mass is 15.3. The van der Waals surface area contributed by atoms with Crippen LogP contribution in [0.25, 0.3) is 0 Å². The van der Waals surface area contributed by atoms with Crippen LogP contribution < -0.4 is 0 Å².